The van der Waals surface area contributed by atoms with Crippen molar-refractivity contribution < 1.29 is 8.78 Å². The Balaban J connectivity index is 0.00000208. The van der Waals surface area contributed by atoms with Crippen LogP contribution in [0.5, 0.6) is 0 Å². The predicted octanol–water partition coefficient (Wildman–Crippen LogP) is 3.82. The van der Waals surface area contributed by atoms with Crippen LogP contribution < -0.4 is 5.32 Å². The number of nitrogens with zero attached hydrogens (tertiary/aromatic N) is 2. The third-order valence-corrected chi connectivity index (χ3v) is 5.17. The molecule has 3 nitrogen and oxygen atoms in total. The van der Waals surface area contributed by atoms with Crippen molar-refractivity contribution in [2.75, 3.05) is 26.7 Å². The smallest absolute Gasteiger partial charge is 0.193 e. The Morgan fingerprint density at radius 3 is 2.50 bits per heavy atom. The lowest BCUT2D eigenvalue weighted by Crippen LogP contribution is -2.41. The van der Waals surface area contributed by atoms with Crippen LogP contribution in [-0.2, 0) is 6.42 Å². The molecule has 0 aromatic heterocycles. The molecule has 0 amide bonds. The zero-order chi connectivity index (χ0) is 16.2. The van der Waals surface area contributed by atoms with Crippen molar-refractivity contribution in [3.63, 3.8) is 0 Å². The molecule has 3 rings (SSSR count). The second kappa shape index (κ2) is 8.97. The van der Waals surface area contributed by atoms with Gasteiger partial charge in [0.25, 0.3) is 0 Å². The maximum absolute atomic E-state index is 13.6. The molecule has 2 fully saturated rings. The summed E-state index contributed by atoms with van der Waals surface area (Å²) in [4.78, 5) is 6.68. The number of guanidine groups is 1. The molecular formula is C18H26F2IN3. The highest BCUT2D eigenvalue weighted by Crippen LogP contribution is 2.35. The van der Waals surface area contributed by atoms with Crippen molar-refractivity contribution in [1.82, 2.24) is 10.2 Å². The Kier molecular flexibility index (Phi) is 7.25. The molecule has 1 aliphatic carbocycles. The summed E-state index contributed by atoms with van der Waals surface area (Å²) >= 11 is 0. The van der Waals surface area contributed by atoms with Gasteiger partial charge in [0.1, 0.15) is 11.6 Å². The van der Waals surface area contributed by atoms with Crippen LogP contribution in [0.2, 0.25) is 0 Å². The number of benzene rings is 1. The summed E-state index contributed by atoms with van der Waals surface area (Å²) in [7, 11) is 1.78. The van der Waals surface area contributed by atoms with E-state index in [0.29, 0.717) is 18.5 Å². The molecule has 1 aromatic rings. The van der Waals surface area contributed by atoms with Crippen LogP contribution in [0.3, 0.4) is 0 Å². The van der Waals surface area contributed by atoms with Crippen molar-refractivity contribution >= 4 is 29.9 Å². The first kappa shape index (κ1) is 19.4. The van der Waals surface area contributed by atoms with Crippen LogP contribution in [0.25, 0.3) is 0 Å². The normalized spacial score (nSPS) is 23.6. The first-order valence-corrected chi connectivity index (χ1v) is 8.57. The number of fused-ring (bicyclic) bond motifs is 1. The quantitative estimate of drug-likeness (QED) is 0.432. The summed E-state index contributed by atoms with van der Waals surface area (Å²) in [6.45, 7) is 2.69. The van der Waals surface area contributed by atoms with Gasteiger partial charge in [-0.1, -0.05) is 12.8 Å². The largest absolute Gasteiger partial charge is 0.356 e. The van der Waals surface area contributed by atoms with Gasteiger partial charge in [-0.15, -0.1) is 24.0 Å². The van der Waals surface area contributed by atoms with Crippen molar-refractivity contribution in [1.29, 1.82) is 0 Å². The van der Waals surface area contributed by atoms with E-state index in [1.807, 2.05) is 0 Å². The average Bonchev–Trinajstić information content (AvgIpc) is 2.98. The summed E-state index contributed by atoms with van der Waals surface area (Å²) in [5.74, 6) is 1.73. The van der Waals surface area contributed by atoms with Gasteiger partial charge in [0.05, 0.1) is 0 Å². The van der Waals surface area contributed by atoms with Gasteiger partial charge in [-0.25, -0.2) is 8.78 Å². The summed E-state index contributed by atoms with van der Waals surface area (Å²) < 4.78 is 26.8. The van der Waals surface area contributed by atoms with Crippen LogP contribution in [0, 0.1) is 23.5 Å². The van der Waals surface area contributed by atoms with Gasteiger partial charge in [0.2, 0.25) is 0 Å². The third-order valence-electron chi connectivity index (χ3n) is 5.17. The van der Waals surface area contributed by atoms with Crippen molar-refractivity contribution in [2.24, 2.45) is 16.8 Å². The minimum atomic E-state index is -0.394. The number of hydrogen-bond donors (Lipinski definition) is 1. The topological polar surface area (TPSA) is 27.6 Å². The molecule has 24 heavy (non-hydrogen) atoms. The molecule has 6 heteroatoms. The van der Waals surface area contributed by atoms with E-state index in [2.05, 4.69) is 15.2 Å². The lowest BCUT2D eigenvalue weighted by Gasteiger charge is -2.22. The number of hydrogen-bond acceptors (Lipinski definition) is 1. The molecule has 2 aliphatic rings. The Morgan fingerprint density at radius 2 is 1.88 bits per heavy atom. The molecular weight excluding hydrogens is 423 g/mol. The monoisotopic (exact) mass is 449 g/mol. The van der Waals surface area contributed by atoms with E-state index in [4.69, 9.17) is 0 Å². The molecule has 0 bridgehead atoms. The molecule has 1 saturated carbocycles. The molecule has 2 unspecified atom stereocenters. The molecule has 134 valence electrons. The van der Waals surface area contributed by atoms with Gasteiger partial charge in [0.15, 0.2) is 5.96 Å². The molecule has 1 N–H and O–H groups in total. The first-order chi connectivity index (χ1) is 11.2. The SMILES string of the molecule is CN=C(NCCc1cc(F)ccc1F)N1CC2CCCCC2C1.I. The highest BCUT2D eigenvalue weighted by molar-refractivity contribution is 14.0. The molecule has 1 aromatic carbocycles. The maximum atomic E-state index is 13.6. The molecule has 0 radical (unpaired) electrons. The van der Waals surface area contributed by atoms with Gasteiger partial charge in [0, 0.05) is 26.7 Å². The van der Waals surface area contributed by atoms with Crippen molar-refractivity contribution in [2.45, 2.75) is 32.1 Å². The fraction of sp³-hybridized carbons (Fsp3) is 0.611. The van der Waals surface area contributed by atoms with E-state index >= 15 is 0 Å². The fourth-order valence-electron chi connectivity index (χ4n) is 3.95. The molecule has 2 atom stereocenters. The van der Waals surface area contributed by atoms with Crippen LogP contribution in [0.4, 0.5) is 8.78 Å². The maximum Gasteiger partial charge on any atom is 0.193 e. The third kappa shape index (κ3) is 4.58. The molecule has 1 aliphatic heterocycles. The summed E-state index contributed by atoms with van der Waals surface area (Å²) in [5, 5.41) is 3.30. The van der Waals surface area contributed by atoms with Crippen LogP contribution in [0.15, 0.2) is 23.2 Å². The van der Waals surface area contributed by atoms with E-state index in [9.17, 15) is 8.78 Å². The summed E-state index contributed by atoms with van der Waals surface area (Å²) in [6, 6.07) is 3.60. The first-order valence-electron chi connectivity index (χ1n) is 8.57. The zero-order valence-corrected chi connectivity index (χ0v) is 16.4. The number of aliphatic imine (C=N–C) groups is 1. The van der Waals surface area contributed by atoms with E-state index in [0.717, 1.165) is 37.0 Å². The standard InChI is InChI=1S/C18H25F2N3.HI/c1-21-18(23-11-14-4-2-3-5-15(14)12-23)22-9-8-13-10-16(19)6-7-17(13)20;/h6-7,10,14-15H,2-5,8-9,11-12H2,1H3,(H,21,22);1H. The fourth-order valence-corrected chi connectivity index (χ4v) is 3.95. The summed E-state index contributed by atoms with van der Waals surface area (Å²) in [6.07, 6.45) is 5.79. The average molecular weight is 449 g/mol. The second-order valence-corrected chi connectivity index (χ2v) is 6.67. The van der Waals surface area contributed by atoms with Crippen LogP contribution in [0.1, 0.15) is 31.2 Å². The minimum Gasteiger partial charge on any atom is -0.356 e. The highest BCUT2D eigenvalue weighted by atomic mass is 127. The van der Waals surface area contributed by atoms with E-state index < -0.39 is 5.82 Å². The molecule has 1 heterocycles. The van der Waals surface area contributed by atoms with Crippen molar-refractivity contribution in [3.05, 3.63) is 35.4 Å². The number of likely N-dealkylation sites (tertiary alicyclic amines) is 1. The van der Waals surface area contributed by atoms with E-state index in [1.54, 1.807) is 7.05 Å². The predicted molar refractivity (Wildman–Crippen MR) is 104 cm³/mol. The van der Waals surface area contributed by atoms with Gasteiger partial charge < -0.3 is 10.2 Å². The van der Waals surface area contributed by atoms with Crippen LogP contribution >= 0.6 is 24.0 Å². The van der Waals surface area contributed by atoms with Gasteiger partial charge in [-0.3, -0.25) is 4.99 Å². The zero-order valence-electron chi connectivity index (χ0n) is 14.1. The molecule has 1 saturated heterocycles. The Bertz CT molecular complexity index is 565. The second-order valence-electron chi connectivity index (χ2n) is 6.67. The van der Waals surface area contributed by atoms with Crippen LogP contribution in [-0.4, -0.2) is 37.5 Å². The Labute approximate surface area is 159 Å². The van der Waals surface area contributed by atoms with E-state index in [-0.39, 0.29) is 29.8 Å². The van der Waals surface area contributed by atoms with Gasteiger partial charge in [-0.2, -0.15) is 0 Å². The van der Waals surface area contributed by atoms with Gasteiger partial charge >= 0.3 is 0 Å². The highest BCUT2D eigenvalue weighted by Gasteiger charge is 2.35. The lowest BCUT2D eigenvalue weighted by molar-refractivity contribution is 0.299. The summed E-state index contributed by atoms with van der Waals surface area (Å²) in [5.41, 5.74) is 0.406. The lowest BCUT2D eigenvalue weighted by atomic mass is 9.82. The number of nitrogens with one attached hydrogen (secondary N) is 1. The Hall–Kier alpha value is -0.920. The number of rotatable bonds is 3. The van der Waals surface area contributed by atoms with E-state index in [1.165, 1.54) is 37.8 Å². The Morgan fingerprint density at radius 1 is 1.21 bits per heavy atom. The van der Waals surface area contributed by atoms with Crippen molar-refractivity contribution in [3.8, 4) is 0 Å². The van der Waals surface area contributed by atoms with Gasteiger partial charge in [-0.05, 0) is 54.9 Å². The molecule has 0 spiro atoms. The number of halogens is 3. The minimum absolute atomic E-state index is 0.